The van der Waals surface area contributed by atoms with E-state index in [0.29, 0.717) is 0 Å². The lowest BCUT2D eigenvalue weighted by Crippen LogP contribution is -1.47. The summed E-state index contributed by atoms with van der Waals surface area (Å²) < 4.78 is 1.19. The summed E-state index contributed by atoms with van der Waals surface area (Å²) in [7, 11) is 0. The summed E-state index contributed by atoms with van der Waals surface area (Å²) in [4.78, 5) is 0. The third-order valence-corrected chi connectivity index (χ3v) is 1.40. The van der Waals surface area contributed by atoms with E-state index >= 15 is 0 Å². The molecule has 6 heavy (non-hydrogen) atoms. The first-order valence-electron chi connectivity index (χ1n) is 1.62. The lowest BCUT2D eigenvalue weighted by Gasteiger charge is -1.77. The second-order valence-electron chi connectivity index (χ2n) is 0.940. The molecule has 0 aliphatic rings. The molecule has 0 aromatic heterocycles. The Hall–Kier alpha value is 0.570. The second kappa shape index (κ2) is 3.75. The zero-order chi connectivity index (χ0) is 4.99. The van der Waals surface area contributed by atoms with Gasteiger partial charge >= 0.3 is 0 Å². The van der Waals surface area contributed by atoms with Crippen LogP contribution in [0.15, 0.2) is 9.89 Å². The van der Waals surface area contributed by atoms with E-state index in [1.54, 1.807) is 11.8 Å². The summed E-state index contributed by atoms with van der Waals surface area (Å²) in [5.41, 5.74) is 0. The average Bonchev–Trinajstić information content (AvgIpc) is 1.35. The highest BCUT2D eigenvalue weighted by Crippen LogP contribution is 2.07. The van der Waals surface area contributed by atoms with Crippen molar-refractivity contribution < 1.29 is 0 Å². The first-order chi connectivity index (χ1) is 2.77. The normalized spacial score (nSPS) is 12.2. The largest absolute Gasteiger partial charge is 0.137 e. The molecule has 0 bridgehead atoms. The van der Waals surface area contributed by atoms with Crippen LogP contribution in [-0.4, -0.2) is 6.26 Å². The summed E-state index contributed by atoms with van der Waals surface area (Å²) in [5, 5.41) is 2.04. The minimum absolute atomic E-state index is 1.19. The zero-order valence-electron chi connectivity index (χ0n) is 3.86. The Labute approximate surface area is 51.1 Å². The fourth-order valence-electron chi connectivity index (χ4n) is 0.162. The molecule has 2 heteroatoms. The van der Waals surface area contributed by atoms with Gasteiger partial charge in [0.1, 0.15) is 0 Å². The molecule has 0 aliphatic heterocycles. The van der Waals surface area contributed by atoms with E-state index in [0.717, 1.165) is 0 Å². The lowest BCUT2D eigenvalue weighted by molar-refractivity contribution is 1.74. The van der Waals surface area contributed by atoms with E-state index in [2.05, 4.69) is 15.9 Å². The Morgan fingerprint density at radius 1 is 1.83 bits per heavy atom. The Morgan fingerprint density at radius 2 is 2.33 bits per heavy atom. The number of thioether (sulfide) groups is 1. The van der Waals surface area contributed by atoms with Crippen molar-refractivity contribution in [2.75, 3.05) is 6.26 Å². The van der Waals surface area contributed by atoms with Gasteiger partial charge in [-0.15, -0.1) is 11.8 Å². The van der Waals surface area contributed by atoms with Crippen molar-refractivity contribution in [2.24, 2.45) is 0 Å². The van der Waals surface area contributed by atoms with Crippen LogP contribution in [0.3, 0.4) is 0 Å². The minimum atomic E-state index is 1.19. The summed E-state index contributed by atoms with van der Waals surface area (Å²) in [6.45, 7) is 2.01. The number of hydrogen-bond acceptors (Lipinski definition) is 1. The highest BCUT2D eigenvalue weighted by Gasteiger charge is 1.70. The Kier molecular flexibility index (Phi) is 4.11. The van der Waals surface area contributed by atoms with Crippen molar-refractivity contribution in [3.8, 4) is 0 Å². The van der Waals surface area contributed by atoms with E-state index in [9.17, 15) is 0 Å². The quantitative estimate of drug-likeness (QED) is 0.578. The van der Waals surface area contributed by atoms with Crippen molar-refractivity contribution >= 4 is 27.7 Å². The summed E-state index contributed by atoms with van der Waals surface area (Å²) >= 11 is 4.98. The van der Waals surface area contributed by atoms with Crippen molar-refractivity contribution in [1.29, 1.82) is 0 Å². The van der Waals surface area contributed by atoms with Crippen LogP contribution in [0, 0.1) is 0 Å². The first-order valence-corrected chi connectivity index (χ1v) is 3.70. The molecule has 0 saturated heterocycles. The van der Waals surface area contributed by atoms with Gasteiger partial charge in [-0.25, -0.2) is 0 Å². The SMILES string of the molecule is CSC=C(C)Br. The third-order valence-electron chi connectivity index (χ3n) is 0.280. The predicted molar refractivity (Wildman–Crippen MR) is 36.2 cm³/mol. The molecule has 0 aromatic carbocycles. The topological polar surface area (TPSA) is 0 Å². The molecule has 0 aliphatic carbocycles. The zero-order valence-corrected chi connectivity index (χ0v) is 6.27. The minimum Gasteiger partial charge on any atom is -0.137 e. The molecular formula is C4H7BrS. The van der Waals surface area contributed by atoms with Gasteiger partial charge < -0.3 is 0 Å². The molecule has 0 fully saturated rings. The van der Waals surface area contributed by atoms with Crippen LogP contribution in [-0.2, 0) is 0 Å². The molecule has 0 unspecified atom stereocenters. The van der Waals surface area contributed by atoms with Crippen LogP contribution >= 0.6 is 27.7 Å². The number of rotatable bonds is 1. The van der Waals surface area contributed by atoms with Gasteiger partial charge in [0.15, 0.2) is 0 Å². The van der Waals surface area contributed by atoms with Crippen LogP contribution < -0.4 is 0 Å². The molecule has 0 radical (unpaired) electrons. The van der Waals surface area contributed by atoms with Crippen LogP contribution in [0.5, 0.6) is 0 Å². The maximum atomic E-state index is 3.27. The fourth-order valence-corrected chi connectivity index (χ4v) is 1.05. The maximum absolute atomic E-state index is 3.27. The molecular weight excluding hydrogens is 160 g/mol. The highest BCUT2D eigenvalue weighted by atomic mass is 79.9. The van der Waals surface area contributed by atoms with Gasteiger partial charge in [0.25, 0.3) is 0 Å². The van der Waals surface area contributed by atoms with Crippen molar-refractivity contribution in [1.82, 2.24) is 0 Å². The predicted octanol–water partition coefficient (Wildman–Crippen LogP) is 2.61. The van der Waals surface area contributed by atoms with E-state index in [1.807, 2.05) is 18.6 Å². The van der Waals surface area contributed by atoms with Crippen LogP contribution in [0.4, 0.5) is 0 Å². The lowest BCUT2D eigenvalue weighted by atomic mass is 10.8. The Morgan fingerprint density at radius 3 is 2.33 bits per heavy atom. The third kappa shape index (κ3) is 4.57. The van der Waals surface area contributed by atoms with Crippen molar-refractivity contribution in [3.05, 3.63) is 9.89 Å². The van der Waals surface area contributed by atoms with Gasteiger partial charge in [0.2, 0.25) is 0 Å². The van der Waals surface area contributed by atoms with Crippen LogP contribution in [0.2, 0.25) is 0 Å². The first kappa shape index (κ1) is 6.57. The molecule has 0 amide bonds. The maximum Gasteiger partial charge on any atom is -0.00176 e. The second-order valence-corrected chi connectivity index (χ2v) is 2.90. The monoisotopic (exact) mass is 166 g/mol. The number of halogens is 1. The molecule has 0 N–H and O–H groups in total. The van der Waals surface area contributed by atoms with Gasteiger partial charge in [-0.3, -0.25) is 0 Å². The van der Waals surface area contributed by atoms with Crippen molar-refractivity contribution in [3.63, 3.8) is 0 Å². The van der Waals surface area contributed by atoms with E-state index in [-0.39, 0.29) is 0 Å². The summed E-state index contributed by atoms with van der Waals surface area (Å²) in [5.74, 6) is 0. The fraction of sp³-hybridized carbons (Fsp3) is 0.500. The smallest absolute Gasteiger partial charge is 0.00176 e. The van der Waals surface area contributed by atoms with Crippen LogP contribution in [0.25, 0.3) is 0 Å². The summed E-state index contributed by atoms with van der Waals surface area (Å²) in [6, 6.07) is 0. The molecule has 0 saturated carbocycles. The van der Waals surface area contributed by atoms with Gasteiger partial charge in [-0.05, 0) is 23.1 Å². The van der Waals surface area contributed by atoms with Gasteiger partial charge in [-0.2, -0.15) is 0 Å². The summed E-state index contributed by atoms with van der Waals surface area (Å²) in [6.07, 6.45) is 2.03. The molecule has 0 nitrogen and oxygen atoms in total. The van der Waals surface area contributed by atoms with E-state index < -0.39 is 0 Å². The van der Waals surface area contributed by atoms with Crippen molar-refractivity contribution in [2.45, 2.75) is 6.92 Å². The van der Waals surface area contributed by atoms with E-state index in [4.69, 9.17) is 0 Å². The standard InChI is InChI=1S/C4H7BrS/c1-4(5)3-6-2/h3H,1-2H3. The van der Waals surface area contributed by atoms with E-state index in [1.165, 1.54) is 4.48 Å². The Balaban J connectivity index is 3.14. The number of allylic oxidation sites excluding steroid dienone is 1. The molecule has 0 spiro atoms. The average molecular weight is 167 g/mol. The molecule has 0 aromatic rings. The molecule has 0 atom stereocenters. The molecule has 36 valence electrons. The highest BCUT2D eigenvalue weighted by molar-refractivity contribution is 9.11. The van der Waals surface area contributed by atoms with Gasteiger partial charge in [0, 0.05) is 0 Å². The van der Waals surface area contributed by atoms with Gasteiger partial charge in [-0.1, -0.05) is 15.9 Å². The Bertz CT molecular complexity index is 54.6. The van der Waals surface area contributed by atoms with Crippen LogP contribution in [0.1, 0.15) is 6.92 Å². The van der Waals surface area contributed by atoms with Gasteiger partial charge in [0.05, 0.1) is 0 Å². The number of hydrogen-bond donors (Lipinski definition) is 0. The molecule has 0 heterocycles. The molecule has 0 rings (SSSR count).